The largest absolute Gasteiger partial charge is 0.445 e. The monoisotopic (exact) mass is 624 g/mol. The van der Waals surface area contributed by atoms with Gasteiger partial charge in [0, 0.05) is 0 Å². The van der Waals surface area contributed by atoms with Crippen LogP contribution >= 0.6 is 11.6 Å². The molecule has 4 rings (SSSR count). The van der Waals surface area contributed by atoms with Gasteiger partial charge in [-0.15, -0.1) is 11.6 Å². The first kappa shape index (κ1) is 34.1. The minimum Gasteiger partial charge on any atom is -0.445 e. The van der Waals surface area contributed by atoms with Gasteiger partial charge in [-0.25, -0.2) is 20.0 Å². The fraction of sp³-hybridized carbons (Fsp3) is 0.622. The molecule has 0 spiro atoms. The van der Waals surface area contributed by atoms with Gasteiger partial charge in [-0.05, 0) is 79.2 Å². The van der Waals surface area contributed by atoms with Crippen molar-refractivity contribution in [1.29, 1.82) is 0 Å². The van der Waals surface area contributed by atoms with Gasteiger partial charge in [-0.3, -0.25) is 0 Å². The Balaban J connectivity index is 1.72. The highest BCUT2D eigenvalue weighted by Gasteiger charge is 2.45. The zero-order valence-electron chi connectivity index (χ0n) is 27.7. The summed E-state index contributed by atoms with van der Waals surface area (Å²) in [6.07, 6.45) is 4.07. The number of nitrogens with one attached hydrogen (secondary N) is 1. The first-order valence-electron chi connectivity index (χ1n) is 16.6. The van der Waals surface area contributed by atoms with Crippen molar-refractivity contribution in [3.63, 3.8) is 0 Å². The van der Waals surface area contributed by atoms with Crippen molar-refractivity contribution in [2.75, 3.05) is 0 Å². The van der Waals surface area contributed by atoms with Gasteiger partial charge in [0.1, 0.15) is 18.2 Å². The van der Waals surface area contributed by atoms with Gasteiger partial charge < -0.3 is 9.47 Å². The average molecular weight is 625 g/mol. The minimum absolute atomic E-state index is 0.229. The normalized spacial score (nSPS) is 27.7. The number of alkyl halides is 1. The van der Waals surface area contributed by atoms with Crippen LogP contribution in [0, 0.1) is 35.5 Å². The molecule has 0 radical (unpaired) electrons. The first-order chi connectivity index (χ1) is 20.9. The van der Waals surface area contributed by atoms with E-state index < -0.39 is 23.1 Å². The maximum absolute atomic E-state index is 14.4. The third-order valence-corrected chi connectivity index (χ3v) is 10.5. The number of ether oxygens (including phenoxy) is 2. The fourth-order valence-electron chi connectivity index (χ4n) is 7.43. The molecule has 0 heterocycles. The van der Waals surface area contributed by atoms with Crippen molar-refractivity contribution in [3.8, 4) is 0 Å². The van der Waals surface area contributed by atoms with Crippen molar-refractivity contribution in [2.24, 2.45) is 35.5 Å². The number of nitrogens with zero attached hydrogens (tertiary/aromatic N) is 1. The third-order valence-electron chi connectivity index (χ3n) is 10.1. The van der Waals surface area contributed by atoms with E-state index in [1.54, 1.807) is 0 Å². The van der Waals surface area contributed by atoms with E-state index in [1.165, 1.54) is 5.01 Å². The van der Waals surface area contributed by atoms with Gasteiger partial charge in [0.15, 0.2) is 0 Å². The van der Waals surface area contributed by atoms with Gasteiger partial charge in [0.05, 0.1) is 4.87 Å². The Kier molecular flexibility index (Phi) is 11.7. The average Bonchev–Trinajstić information content (AvgIpc) is 2.97. The van der Waals surface area contributed by atoms with E-state index in [0.29, 0.717) is 23.7 Å². The summed E-state index contributed by atoms with van der Waals surface area (Å²) in [5, 5.41) is 1.30. The lowest BCUT2D eigenvalue weighted by molar-refractivity contribution is -0.0367. The second-order valence-corrected chi connectivity index (χ2v) is 15.0. The molecule has 6 nitrogen and oxygen atoms in total. The molecule has 242 valence electrons. The predicted molar refractivity (Wildman–Crippen MR) is 177 cm³/mol. The highest BCUT2D eigenvalue weighted by Crippen LogP contribution is 2.45. The van der Waals surface area contributed by atoms with Gasteiger partial charge >= 0.3 is 12.2 Å². The van der Waals surface area contributed by atoms with E-state index in [9.17, 15) is 9.59 Å². The van der Waals surface area contributed by atoms with E-state index in [0.717, 1.165) is 49.7 Å². The summed E-state index contributed by atoms with van der Waals surface area (Å²) in [7, 11) is 0. The zero-order valence-corrected chi connectivity index (χ0v) is 28.4. The van der Waals surface area contributed by atoms with Gasteiger partial charge in [0.25, 0.3) is 0 Å². The second-order valence-electron chi connectivity index (χ2n) is 14.3. The molecular weight excluding hydrogens is 572 g/mol. The molecule has 2 aliphatic carbocycles. The second kappa shape index (κ2) is 15.0. The topological polar surface area (TPSA) is 67.9 Å². The zero-order chi connectivity index (χ0) is 32.0. The maximum Gasteiger partial charge on any atom is 0.429 e. The molecule has 2 amide bonds. The first-order valence-corrected chi connectivity index (χ1v) is 17.0. The highest BCUT2D eigenvalue weighted by atomic mass is 35.5. The highest BCUT2D eigenvalue weighted by molar-refractivity contribution is 6.24. The van der Waals surface area contributed by atoms with Crippen LogP contribution in [-0.4, -0.2) is 29.4 Å². The van der Waals surface area contributed by atoms with Crippen LogP contribution < -0.4 is 5.43 Å². The molecule has 2 saturated carbocycles. The van der Waals surface area contributed by atoms with Crippen LogP contribution in [-0.2, 0) is 14.3 Å². The molecule has 0 saturated heterocycles. The van der Waals surface area contributed by atoms with Crippen LogP contribution in [0.1, 0.15) is 104 Å². The summed E-state index contributed by atoms with van der Waals surface area (Å²) >= 11 is 7.46. The van der Waals surface area contributed by atoms with E-state index in [-0.39, 0.29) is 24.0 Å². The van der Waals surface area contributed by atoms with Crippen LogP contribution in [0.5, 0.6) is 0 Å². The van der Waals surface area contributed by atoms with E-state index in [1.807, 2.05) is 67.6 Å². The number of hydrazine groups is 1. The minimum atomic E-state index is -1.12. The summed E-state index contributed by atoms with van der Waals surface area (Å²) in [5.41, 5.74) is 4.46. The molecule has 0 aliphatic heterocycles. The number of hydrogen-bond donors (Lipinski definition) is 1. The van der Waals surface area contributed by atoms with E-state index >= 15 is 0 Å². The van der Waals surface area contributed by atoms with Crippen molar-refractivity contribution < 1.29 is 19.1 Å². The smallest absolute Gasteiger partial charge is 0.429 e. The molecule has 2 unspecified atom stereocenters. The molecule has 1 N–H and O–H groups in total. The lowest BCUT2D eigenvalue weighted by Crippen LogP contribution is -2.55. The number of halogens is 1. The van der Waals surface area contributed by atoms with Crippen LogP contribution in [0.25, 0.3) is 0 Å². The molecule has 44 heavy (non-hydrogen) atoms. The molecule has 2 aromatic carbocycles. The maximum atomic E-state index is 14.4. The van der Waals surface area contributed by atoms with Crippen LogP contribution in [0.3, 0.4) is 0 Å². The molecule has 2 aromatic rings. The predicted octanol–water partition coefficient (Wildman–Crippen LogP) is 9.88. The molecule has 7 heteroatoms. The van der Waals surface area contributed by atoms with Crippen molar-refractivity contribution in [3.05, 3.63) is 71.8 Å². The standard InChI is InChI=1S/C37H53ClN2O4/c1-24(2)30-20-18-26(5)22-32(30)43-35(41)39-40(36(42)44-33-23-27(6)19-21-31(33)25(3)4)34(28-14-10-8-11-15-28)37(7,38)29-16-12-9-13-17-29/h8-17,24-27,30-34H,18-23H2,1-7H3,(H,39,41)/t26-,27-,30+,31+,32-,33-,34?,37?/m1/s1. The number of carbonyl (C=O) groups excluding carboxylic acids is 2. The summed E-state index contributed by atoms with van der Waals surface area (Å²) in [4.78, 5) is 27.1. The summed E-state index contributed by atoms with van der Waals surface area (Å²) in [5.74, 6) is 2.16. The Morgan fingerprint density at radius 2 is 1.27 bits per heavy atom. The van der Waals surface area contributed by atoms with Gasteiger partial charge in [-0.1, -0.05) is 115 Å². The van der Waals surface area contributed by atoms with Crippen LogP contribution in [0.4, 0.5) is 9.59 Å². The van der Waals surface area contributed by atoms with Crippen molar-refractivity contribution in [1.82, 2.24) is 10.4 Å². The Labute approximate surface area is 270 Å². The molecule has 0 bridgehead atoms. The van der Waals surface area contributed by atoms with E-state index in [2.05, 4.69) is 47.0 Å². The number of rotatable bonds is 8. The van der Waals surface area contributed by atoms with Gasteiger partial charge in [0.2, 0.25) is 0 Å². The molecular formula is C37H53ClN2O4. The lowest BCUT2D eigenvalue weighted by atomic mass is 9.75. The molecule has 2 fully saturated rings. The molecule has 8 atom stereocenters. The van der Waals surface area contributed by atoms with Gasteiger partial charge in [-0.2, -0.15) is 0 Å². The van der Waals surface area contributed by atoms with Crippen LogP contribution in [0.2, 0.25) is 0 Å². The van der Waals surface area contributed by atoms with Crippen molar-refractivity contribution >= 4 is 23.8 Å². The summed E-state index contributed by atoms with van der Waals surface area (Å²) in [6, 6.07) is 18.5. The Hall–Kier alpha value is -2.73. The summed E-state index contributed by atoms with van der Waals surface area (Å²) < 4.78 is 12.5. The Bertz CT molecular complexity index is 1200. The third kappa shape index (κ3) is 8.29. The Morgan fingerprint density at radius 3 is 1.77 bits per heavy atom. The fourth-order valence-corrected chi connectivity index (χ4v) is 7.78. The lowest BCUT2D eigenvalue weighted by Gasteiger charge is -2.43. The number of amides is 2. The summed E-state index contributed by atoms with van der Waals surface area (Å²) in [6.45, 7) is 15.0. The number of benzene rings is 2. The molecule has 2 aliphatic rings. The Morgan fingerprint density at radius 1 is 0.795 bits per heavy atom. The quantitative estimate of drug-likeness (QED) is 0.234. The number of carbonyl (C=O) groups is 2. The van der Waals surface area contributed by atoms with E-state index in [4.69, 9.17) is 21.1 Å². The number of hydrogen-bond acceptors (Lipinski definition) is 4. The SMILES string of the molecule is CC(C)[C@@H]1CC[C@@H](C)C[C@H]1OC(=O)NN(C(=O)O[C@@H]1C[C@H](C)CC[C@H]1C(C)C)C(c1ccccc1)C(C)(Cl)c1ccccc1. The van der Waals surface area contributed by atoms with Crippen molar-refractivity contribution in [2.45, 2.75) is 110 Å². The van der Waals surface area contributed by atoms with Crippen LogP contribution in [0.15, 0.2) is 60.7 Å². The molecule has 0 aromatic heterocycles.